The summed E-state index contributed by atoms with van der Waals surface area (Å²) in [4.78, 5) is 30.6. The Morgan fingerprint density at radius 2 is 1.77 bits per heavy atom. The Bertz CT molecular complexity index is 1060. The number of aromatic nitrogens is 1. The Kier molecular flexibility index (Phi) is 6.47. The van der Waals surface area contributed by atoms with Crippen molar-refractivity contribution < 1.29 is 14.3 Å². The molecule has 0 aliphatic heterocycles. The molecule has 3 aromatic rings. The predicted molar refractivity (Wildman–Crippen MR) is 117 cm³/mol. The Morgan fingerprint density at radius 1 is 1.03 bits per heavy atom. The van der Waals surface area contributed by atoms with E-state index in [1.807, 2.05) is 30.3 Å². The first-order chi connectivity index (χ1) is 14.4. The van der Waals surface area contributed by atoms with Crippen molar-refractivity contribution in [1.29, 1.82) is 0 Å². The number of rotatable bonds is 6. The maximum absolute atomic E-state index is 12.8. The lowest BCUT2D eigenvalue weighted by Gasteiger charge is -2.14. The molecular weight excluding hydrogens is 378 g/mol. The minimum absolute atomic E-state index is 0.203. The number of pyridine rings is 1. The monoisotopic (exact) mass is 403 g/mol. The number of anilines is 1. The molecule has 0 aliphatic rings. The van der Waals surface area contributed by atoms with E-state index in [-0.39, 0.29) is 11.8 Å². The summed E-state index contributed by atoms with van der Waals surface area (Å²) in [6.07, 6.45) is 0.690. The molecule has 154 valence electrons. The highest BCUT2D eigenvalue weighted by molar-refractivity contribution is 6.05. The van der Waals surface area contributed by atoms with Gasteiger partial charge in [-0.05, 0) is 42.8 Å². The van der Waals surface area contributed by atoms with Crippen LogP contribution in [0.1, 0.15) is 37.7 Å². The van der Waals surface area contributed by atoms with E-state index >= 15 is 0 Å². The highest BCUT2D eigenvalue weighted by atomic mass is 16.5. The van der Waals surface area contributed by atoms with Crippen LogP contribution < -0.4 is 10.1 Å². The summed E-state index contributed by atoms with van der Waals surface area (Å²) in [5.74, 6) is 0.284. The molecule has 2 amide bonds. The summed E-state index contributed by atoms with van der Waals surface area (Å²) < 4.78 is 5.48. The number of hydrogen-bond acceptors (Lipinski definition) is 4. The Morgan fingerprint density at radius 3 is 2.40 bits per heavy atom. The number of carbonyl (C=O) groups is 2. The van der Waals surface area contributed by atoms with Gasteiger partial charge in [-0.3, -0.25) is 9.59 Å². The lowest BCUT2D eigenvalue weighted by atomic mass is 10.0. The summed E-state index contributed by atoms with van der Waals surface area (Å²) in [6, 6.07) is 18.8. The van der Waals surface area contributed by atoms with Gasteiger partial charge in [0, 0.05) is 31.8 Å². The molecule has 6 heteroatoms. The third-order valence-electron chi connectivity index (χ3n) is 4.73. The first-order valence-electron chi connectivity index (χ1n) is 9.60. The smallest absolute Gasteiger partial charge is 0.271 e. The van der Waals surface area contributed by atoms with Crippen LogP contribution in [0.15, 0.2) is 60.7 Å². The number of amides is 2. The standard InChI is InChI=1S/C24H25N3O3/c1-16-20(11-12-21(25-16)24(29)27(2)3)23(28)26-19-10-13-22(30-4)18(15-19)14-17-8-6-5-7-9-17/h5-13,15H,14H2,1-4H3,(H,26,28). The van der Waals surface area contributed by atoms with Gasteiger partial charge in [0.05, 0.1) is 18.4 Å². The van der Waals surface area contributed by atoms with Gasteiger partial charge in [0.2, 0.25) is 0 Å². The van der Waals surface area contributed by atoms with Crippen molar-refractivity contribution in [2.75, 3.05) is 26.5 Å². The second-order valence-electron chi connectivity index (χ2n) is 7.17. The van der Waals surface area contributed by atoms with Crippen LogP contribution in [-0.4, -0.2) is 42.9 Å². The van der Waals surface area contributed by atoms with Gasteiger partial charge in [0.1, 0.15) is 11.4 Å². The lowest BCUT2D eigenvalue weighted by Crippen LogP contribution is -2.23. The van der Waals surface area contributed by atoms with Crippen molar-refractivity contribution in [1.82, 2.24) is 9.88 Å². The fourth-order valence-electron chi connectivity index (χ4n) is 3.16. The third-order valence-corrected chi connectivity index (χ3v) is 4.73. The summed E-state index contributed by atoms with van der Waals surface area (Å²) >= 11 is 0. The van der Waals surface area contributed by atoms with Gasteiger partial charge < -0.3 is 15.0 Å². The maximum atomic E-state index is 12.8. The van der Waals surface area contributed by atoms with Crippen molar-refractivity contribution in [3.63, 3.8) is 0 Å². The molecule has 30 heavy (non-hydrogen) atoms. The van der Waals surface area contributed by atoms with E-state index in [0.29, 0.717) is 29.1 Å². The maximum Gasteiger partial charge on any atom is 0.271 e. The van der Waals surface area contributed by atoms with E-state index in [0.717, 1.165) is 16.9 Å². The van der Waals surface area contributed by atoms with Crippen LogP contribution >= 0.6 is 0 Å². The van der Waals surface area contributed by atoms with Gasteiger partial charge in [-0.25, -0.2) is 4.98 Å². The van der Waals surface area contributed by atoms with Crippen molar-refractivity contribution in [2.24, 2.45) is 0 Å². The molecule has 0 radical (unpaired) electrons. The van der Waals surface area contributed by atoms with Crippen molar-refractivity contribution in [3.05, 3.63) is 88.7 Å². The van der Waals surface area contributed by atoms with Gasteiger partial charge in [0.25, 0.3) is 11.8 Å². The summed E-state index contributed by atoms with van der Waals surface area (Å²) in [7, 11) is 4.96. The number of methoxy groups -OCH3 is 1. The van der Waals surface area contributed by atoms with Gasteiger partial charge in [-0.1, -0.05) is 30.3 Å². The molecule has 0 atom stereocenters. The lowest BCUT2D eigenvalue weighted by molar-refractivity contribution is 0.0821. The molecule has 0 spiro atoms. The highest BCUT2D eigenvalue weighted by Crippen LogP contribution is 2.26. The second-order valence-corrected chi connectivity index (χ2v) is 7.17. The van der Waals surface area contributed by atoms with E-state index in [9.17, 15) is 9.59 Å². The minimum atomic E-state index is -0.278. The van der Waals surface area contributed by atoms with Crippen LogP contribution in [0.4, 0.5) is 5.69 Å². The van der Waals surface area contributed by atoms with Gasteiger partial charge in [-0.15, -0.1) is 0 Å². The highest BCUT2D eigenvalue weighted by Gasteiger charge is 2.16. The van der Waals surface area contributed by atoms with Crippen molar-refractivity contribution in [2.45, 2.75) is 13.3 Å². The van der Waals surface area contributed by atoms with Crippen LogP contribution in [0.2, 0.25) is 0 Å². The minimum Gasteiger partial charge on any atom is -0.496 e. The summed E-state index contributed by atoms with van der Waals surface area (Å²) in [6.45, 7) is 1.72. The fraction of sp³-hybridized carbons (Fsp3) is 0.208. The average molecular weight is 403 g/mol. The van der Waals surface area contributed by atoms with Crippen LogP contribution in [0.3, 0.4) is 0 Å². The average Bonchev–Trinajstić information content (AvgIpc) is 2.74. The topological polar surface area (TPSA) is 71.5 Å². The number of nitrogens with one attached hydrogen (secondary N) is 1. The van der Waals surface area contributed by atoms with Gasteiger partial charge in [-0.2, -0.15) is 0 Å². The van der Waals surface area contributed by atoms with E-state index in [1.165, 1.54) is 4.90 Å². The van der Waals surface area contributed by atoms with E-state index in [1.54, 1.807) is 46.3 Å². The number of ether oxygens (including phenoxy) is 1. The molecule has 0 saturated carbocycles. The van der Waals surface area contributed by atoms with Gasteiger partial charge in [0.15, 0.2) is 0 Å². The number of nitrogens with zero attached hydrogens (tertiary/aromatic N) is 2. The molecule has 0 unspecified atom stereocenters. The number of benzene rings is 2. The van der Waals surface area contributed by atoms with Crippen LogP contribution in [0, 0.1) is 6.92 Å². The second kappa shape index (κ2) is 9.22. The predicted octanol–water partition coefficient (Wildman–Crippen LogP) is 3.94. The van der Waals surface area contributed by atoms with E-state index in [4.69, 9.17) is 4.74 Å². The molecule has 0 saturated heterocycles. The molecule has 1 N–H and O–H groups in total. The molecule has 0 fully saturated rings. The number of aryl methyl sites for hydroxylation is 1. The first-order valence-corrected chi connectivity index (χ1v) is 9.60. The van der Waals surface area contributed by atoms with Crippen molar-refractivity contribution in [3.8, 4) is 5.75 Å². The molecular formula is C24H25N3O3. The van der Waals surface area contributed by atoms with Crippen LogP contribution in [0.5, 0.6) is 5.75 Å². The quantitative estimate of drug-likeness (QED) is 0.677. The molecule has 2 aromatic carbocycles. The van der Waals surface area contributed by atoms with E-state index in [2.05, 4.69) is 22.4 Å². The molecule has 0 bridgehead atoms. The zero-order chi connectivity index (χ0) is 21.7. The summed E-state index contributed by atoms with van der Waals surface area (Å²) in [5, 5.41) is 2.92. The molecule has 0 aliphatic carbocycles. The first kappa shape index (κ1) is 21.0. The van der Waals surface area contributed by atoms with E-state index < -0.39 is 0 Å². The zero-order valence-corrected chi connectivity index (χ0v) is 17.6. The fourth-order valence-corrected chi connectivity index (χ4v) is 3.16. The molecule has 1 heterocycles. The molecule has 6 nitrogen and oxygen atoms in total. The van der Waals surface area contributed by atoms with Crippen LogP contribution in [-0.2, 0) is 6.42 Å². The van der Waals surface area contributed by atoms with Gasteiger partial charge >= 0.3 is 0 Å². The normalized spacial score (nSPS) is 10.4. The Hall–Kier alpha value is -3.67. The molecule has 3 rings (SSSR count). The summed E-state index contributed by atoms with van der Waals surface area (Å²) in [5.41, 5.74) is 4.02. The Balaban J connectivity index is 1.81. The van der Waals surface area contributed by atoms with Crippen molar-refractivity contribution >= 4 is 17.5 Å². The Labute approximate surface area is 176 Å². The SMILES string of the molecule is COc1ccc(NC(=O)c2ccc(C(=O)N(C)C)nc2C)cc1Cc1ccccc1. The largest absolute Gasteiger partial charge is 0.496 e. The molecule has 1 aromatic heterocycles. The number of carbonyl (C=O) groups excluding carboxylic acids is 2. The zero-order valence-electron chi connectivity index (χ0n) is 17.6. The third kappa shape index (κ3) is 4.84. The number of hydrogen-bond donors (Lipinski definition) is 1. The van der Waals surface area contributed by atoms with Crippen LogP contribution in [0.25, 0.3) is 0 Å².